The predicted octanol–water partition coefficient (Wildman–Crippen LogP) is 3.60. The molecule has 0 saturated heterocycles. The highest BCUT2D eigenvalue weighted by Gasteiger charge is 2.16. The maximum atomic E-state index is 13.0. The molecule has 25 heavy (non-hydrogen) atoms. The molecule has 0 fully saturated rings. The molecule has 0 saturated carbocycles. The third-order valence-electron chi connectivity index (χ3n) is 4.47. The molecular formula is C19H20FN5. The third-order valence-corrected chi connectivity index (χ3v) is 4.47. The van der Waals surface area contributed by atoms with E-state index in [1.807, 2.05) is 19.2 Å². The third kappa shape index (κ3) is 3.38. The van der Waals surface area contributed by atoms with Crippen molar-refractivity contribution in [1.82, 2.24) is 19.7 Å². The minimum Gasteiger partial charge on any atom is -0.364 e. The van der Waals surface area contributed by atoms with E-state index >= 15 is 0 Å². The smallest absolute Gasteiger partial charge is 0.133 e. The molecule has 0 atom stereocenters. The summed E-state index contributed by atoms with van der Waals surface area (Å²) in [5, 5.41) is 7.96. The van der Waals surface area contributed by atoms with Crippen LogP contribution in [-0.2, 0) is 19.4 Å². The summed E-state index contributed by atoms with van der Waals surface area (Å²) in [5.41, 5.74) is 4.17. The highest BCUT2D eigenvalue weighted by atomic mass is 19.1. The highest BCUT2D eigenvalue weighted by Crippen LogP contribution is 2.25. The molecule has 5 nitrogen and oxygen atoms in total. The number of rotatable bonds is 4. The van der Waals surface area contributed by atoms with Gasteiger partial charge >= 0.3 is 0 Å². The fourth-order valence-corrected chi connectivity index (χ4v) is 3.23. The molecule has 6 heteroatoms. The van der Waals surface area contributed by atoms with Crippen LogP contribution in [0.5, 0.6) is 0 Å². The fraction of sp³-hybridized carbons (Fsp3) is 0.316. The van der Waals surface area contributed by atoms with E-state index in [1.54, 1.807) is 16.8 Å². The number of benzene rings is 1. The molecule has 1 N–H and O–H groups in total. The average Bonchev–Trinajstić information content (AvgIpc) is 3.09. The van der Waals surface area contributed by atoms with Gasteiger partial charge in [-0.3, -0.25) is 0 Å². The quantitative estimate of drug-likeness (QED) is 0.790. The first kappa shape index (κ1) is 15.7. The average molecular weight is 337 g/mol. The monoisotopic (exact) mass is 337 g/mol. The number of hydrogen-bond acceptors (Lipinski definition) is 4. The summed E-state index contributed by atoms with van der Waals surface area (Å²) in [4.78, 5) is 9.16. The van der Waals surface area contributed by atoms with Gasteiger partial charge in [0, 0.05) is 17.5 Å². The second kappa shape index (κ2) is 6.63. The normalized spacial score (nSPS) is 13.5. The zero-order valence-electron chi connectivity index (χ0n) is 14.2. The number of hydrogen-bond donors (Lipinski definition) is 1. The summed E-state index contributed by atoms with van der Waals surface area (Å²) in [6.07, 6.45) is 6.33. The van der Waals surface area contributed by atoms with Gasteiger partial charge in [-0.15, -0.1) is 0 Å². The van der Waals surface area contributed by atoms with Gasteiger partial charge in [-0.25, -0.2) is 19.0 Å². The van der Waals surface area contributed by atoms with Gasteiger partial charge in [-0.1, -0.05) is 0 Å². The SMILES string of the molecule is Cc1nc2c(c(NCc3ccn(-c4ccc(F)cc4)n3)n1)CCCC2. The van der Waals surface area contributed by atoms with Gasteiger partial charge in [-0.05, 0) is 62.9 Å². The Kier molecular flexibility index (Phi) is 4.17. The predicted molar refractivity (Wildman–Crippen MR) is 94.3 cm³/mol. The molecule has 1 aliphatic rings. The lowest BCUT2D eigenvalue weighted by atomic mass is 9.96. The van der Waals surface area contributed by atoms with Gasteiger partial charge in [0.2, 0.25) is 0 Å². The van der Waals surface area contributed by atoms with Gasteiger partial charge < -0.3 is 5.32 Å². The van der Waals surface area contributed by atoms with Crippen LogP contribution in [0.2, 0.25) is 0 Å². The van der Waals surface area contributed by atoms with E-state index in [1.165, 1.54) is 36.2 Å². The van der Waals surface area contributed by atoms with Crippen LogP contribution in [0.3, 0.4) is 0 Å². The molecule has 4 rings (SSSR count). The fourth-order valence-electron chi connectivity index (χ4n) is 3.23. The largest absolute Gasteiger partial charge is 0.364 e. The molecule has 0 spiro atoms. The Morgan fingerprint density at radius 1 is 1.08 bits per heavy atom. The van der Waals surface area contributed by atoms with Crippen LogP contribution >= 0.6 is 0 Å². The molecule has 128 valence electrons. The van der Waals surface area contributed by atoms with Gasteiger partial charge in [0.25, 0.3) is 0 Å². The van der Waals surface area contributed by atoms with Crippen LogP contribution in [0.4, 0.5) is 10.2 Å². The summed E-state index contributed by atoms with van der Waals surface area (Å²) in [7, 11) is 0. The lowest BCUT2D eigenvalue weighted by Gasteiger charge is -2.18. The topological polar surface area (TPSA) is 55.6 Å². The molecule has 0 unspecified atom stereocenters. The van der Waals surface area contributed by atoms with Crippen molar-refractivity contribution in [3.05, 3.63) is 65.1 Å². The molecule has 3 aromatic rings. The van der Waals surface area contributed by atoms with Gasteiger partial charge in [0.15, 0.2) is 0 Å². The van der Waals surface area contributed by atoms with Crippen LogP contribution in [0, 0.1) is 12.7 Å². The first-order chi connectivity index (χ1) is 12.2. The van der Waals surface area contributed by atoms with E-state index in [2.05, 4.69) is 20.4 Å². The summed E-state index contributed by atoms with van der Waals surface area (Å²) >= 11 is 0. The number of nitrogens with one attached hydrogen (secondary N) is 1. The molecule has 2 heterocycles. The van der Waals surface area contributed by atoms with Crippen LogP contribution in [0.15, 0.2) is 36.5 Å². The van der Waals surface area contributed by atoms with Gasteiger partial charge in [0.1, 0.15) is 17.5 Å². The first-order valence-corrected chi connectivity index (χ1v) is 8.60. The second-order valence-electron chi connectivity index (χ2n) is 6.33. The Morgan fingerprint density at radius 2 is 1.88 bits per heavy atom. The minimum absolute atomic E-state index is 0.248. The molecule has 1 aromatic carbocycles. The molecule has 0 bridgehead atoms. The minimum atomic E-state index is -0.248. The van der Waals surface area contributed by atoms with Gasteiger partial charge in [-0.2, -0.15) is 5.10 Å². The lowest BCUT2D eigenvalue weighted by molar-refractivity contribution is 0.627. The molecule has 0 amide bonds. The molecular weight excluding hydrogens is 317 g/mol. The maximum absolute atomic E-state index is 13.0. The Hall–Kier alpha value is -2.76. The lowest BCUT2D eigenvalue weighted by Crippen LogP contribution is -2.14. The van der Waals surface area contributed by atoms with E-state index in [-0.39, 0.29) is 5.82 Å². The molecule has 2 aromatic heterocycles. The summed E-state index contributed by atoms with van der Waals surface area (Å²) in [5.74, 6) is 1.49. The van der Waals surface area contributed by atoms with E-state index in [0.717, 1.165) is 35.9 Å². The van der Waals surface area contributed by atoms with E-state index in [4.69, 9.17) is 0 Å². The number of fused-ring (bicyclic) bond motifs is 1. The summed E-state index contributed by atoms with van der Waals surface area (Å²) < 4.78 is 14.8. The van der Waals surface area contributed by atoms with E-state index in [0.29, 0.717) is 6.54 Å². The van der Waals surface area contributed by atoms with E-state index < -0.39 is 0 Å². The van der Waals surface area contributed by atoms with Crippen molar-refractivity contribution in [1.29, 1.82) is 0 Å². The van der Waals surface area contributed by atoms with Crippen molar-refractivity contribution < 1.29 is 4.39 Å². The van der Waals surface area contributed by atoms with Crippen molar-refractivity contribution in [2.45, 2.75) is 39.2 Å². The molecule has 0 radical (unpaired) electrons. The van der Waals surface area contributed by atoms with Crippen LogP contribution in [0.1, 0.15) is 35.6 Å². The second-order valence-corrected chi connectivity index (χ2v) is 6.33. The number of nitrogens with zero attached hydrogens (tertiary/aromatic N) is 4. The van der Waals surface area contributed by atoms with Crippen molar-refractivity contribution in [3.63, 3.8) is 0 Å². The standard InChI is InChI=1S/C19H20FN5/c1-13-22-18-5-3-2-4-17(18)19(23-13)21-12-15-10-11-25(24-15)16-8-6-14(20)7-9-16/h6-11H,2-5,12H2,1H3,(H,21,22,23). The zero-order valence-corrected chi connectivity index (χ0v) is 14.2. The highest BCUT2D eigenvalue weighted by molar-refractivity contribution is 5.48. The zero-order chi connectivity index (χ0) is 17.2. The van der Waals surface area contributed by atoms with Crippen molar-refractivity contribution in [2.75, 3.05) is 5.32 Å². The Bertz CT molecular complexity index is 885. The Balaban J connectivity index is 1.51. The number of anilines is 1. The van der Waals surface area contributed by atoms with Crippen molar-refractivity contribution >= 4 is 5.82 Å². The Morgan fingerprint density at radius 3 is 2.72 bits per heavy atom. The summed E-state index contributed by atoms with van der Waals surface area (Å²) in [6.45, 7) is 2.53. The van der Waals surface area contributed by atoms with Crippen LogP contribution < -0.4 is 5.32 Å². The van der Waals surface area contributed by atoms with Crippen molar-refractivity contribution in [2.24, 2.45) is 0 Å². The number of aromatic nitrogens is 4. The van der Waals surface area contributed by atoms with Crippen LogP contribution in [0.25, 0.3) is 5.69 Å². The van der Waals surface area contributed by atoms with Crippen molar-refractivity contribution in [3.8, 4) is 5.69 Å². The van der Waals surface area contributed by atoms with Gasteiger partial charge in [0.05, 0.1) is 17.9 Å². The molecule has 0 aliphatic heterocycles. The molecule has 1 aliphatic carbocycles. The van der Waals surface area contributed by atoms with Crippen LogP contribution in [-0.4, -0.2) is 19.7 Å². The first-order valence-electron chi connectivity index (χ1n) is 8.60. The maximum Gasteiger partial charge on any atom is 0.133 e. The Labute approximate surface area is 145 Å². The number of halogens is 1. The number of aryl methyl sites for hydroxylation is 2. The summed E-state index contributed by atoms with van der Waals surface area (Å²) in [6, 6.07) is 8.25. The van der Waals surface area contributed by atoms with E-state index in [9.17, 15) is 4.39 Å².